The van der Waals surface area contributed by atoms with Gasteiger partial charge in [-0.2, -0.15) is 0 Å². The van der Waals surface area contributed by atoms with Crippen LogP contribution >= 0.6 is 0 Å². The zero-order chi connectivity index (χ0) is 14.8. The first-order chi connectivity index (χ1) is 9.51. The molecule has 108 valence electrons. The molecule has 0 heterocycles. The molecule has 1 N–H and O–H groups in total. The second-order valence-corrected chi connectivity index (χ2v) is 5.47. The lowest BCUT2D eigenvalue weighted by Gasteiger charge is -2.40. The highest BCUT2D eigenvalue weighted by atomic mass is 16.4. The van der Waals surface area contributed by atoms with Crippen molar-refractivity contribution >= 4 is 11.9 Å². The van der Waals surface area contributed by atoms with Crippen molar-refractivity contribution in [3.05, 3.63) is 35.9 Å². The molecule has 0 saturated heterocycles. The molecular formula is C16H21NO3. The molecule has 4 heteroatoms. The summed E-state index contributed by atoms with van der Waals surface area (Å²) in [6, 6.07) is 9.62. The van der Waals surface area contributed by atoms with E-state index in [0.29, 0.717) is 12.8 Å². The first-order valence-corrected chi connectivity index (χ1v) is 7.08. The minimum atomic E-state index is -1.13. The Bertz CT molecular complexity index is 496. The standard InChI is InChI=1S/C16H21NO3/c1-3-16(15(19)20,11-13-7-5-4-6-8-13)17(12(2)18)14-9-10-14/h4-8,14H,3,9-11H2,1-2H3,(H,19,20). The number of amides is 1. The third-order valence-corrected chi connectivity index (χ3v) is 4.03. The van der Waals surface area contributed by atoms with Gasteiger partial charge in [-0.25, -0.2) is 4.79 Å². The summed E-state index contributed by atoms with van der Waals surface area (Å²) in [5.41, 5.74) is -0.183. The van der Waals surface area contributed by atoms with Gasteiger partial charge in [-0.15, -0.1) is 0 Å². The van der Waals surface area contributed by atoms with E-state index in [2.05, 4.69) is 0 Å². The fraction of sp³-hybridized carbons (Fsp3) is 0.500. The maximum absolute atomic E-state index is 12.0. The monoisotopic (exact) mass is 275 g/mol. The largest absolute Gasteiger partial charge is 0.479 e. The highest BCUT2D eigenvalue weighted by Gasteiger charge is 2.50. The molecule has 1 aromatic carbocycles. The van der Waals surface area contributed by atoms with E-state index in [1.165, 1.54) is 6.92 Å². The van der Waals surface area contributed by atoms with Crippen LogP contribution in [0, 0.1) is 0 Å². The fourth-order valence-corrected chi connectivity index (χ4v) is 2.88. The number of rotatable bonds is 6. The van der Waals surface area contributed by atoms with Gasteiger partial charge in [0, 0.05) is 19.4 Å². The predicted octanol–water partition coefficient (Wildman–Crippen LogP) is 2.47. The Balaban J connectivity index is 2.38. The van der Waals surface area contributed by atoms with Gasteiger partial charge >= 0.3 is 5.97 Å². The van der Waals surface area contributed by atoms with E-state index in [1.807, 2.05) is 37.3 Å². The summed E-state index contributed by atoms with van der Waals surface area (Å²) in [6.07, 6.45) is 2.58. The Hall–Kier alpha value is -1.84. The van der Waals surface area contributed by atoms with Crippen LogP contribution in [-0.4, -0.2) is 33.5 Å². The lowest BCUT2D eigenvalue weighted by Crippen LogP contribution is -2.58. The number of carbonyl (C=O) groups excluding carboxylic acids is 1. The summed E-state index contributed by atoms with van der Waals surface area (Å²) in [6.45, 7) is 3.31. The van der Waals surface area contributed by atoms with Crippen molar-refractivity contribution in [1.82, 2.24) is 4.90 Å². The summed E-state index contributed by atoms with van der Waals surface area (Å²) >= 11 is 0. The molecule has 1 fully saturated rings. The minimum Gasteiger partial charge on any atom is -0.479 e. The van der Waals surface area contributed by atoms with Gasteiger partial charge in [-0.3, -0.25) is 4.79 Å². The van der Waals surface area contributed by atoms with Crippen LogP contribution in [0.5, 0.6) is 0 Å². The molecule has 0 spiro atoms. The lowest BCUT2D eigenvalue weighted by molar-refractivity contribution is -0.159. The molecule has 1 saturated carbocycles. The number of hydrogen-bond donors (Lipinski definition) is 1. The van der Waals surface area contributed by atoms with Gasteiger partial charge in [0.1, 0.15) is 5.54 Å². The normalized spacial score (nSPS) is 17.3. The third-order valence-electron chi connectivity index (χ3n) is 4.03. The SMILES string of the molecule is CCC(Cc1ccccc1)(C(=O)O)N(C(C)=O)C1CC1. The zero-order valence-corrected chi connectivity index (χ0v) is 12.0. The Morgan fingerprint density at radius 2 is 1.90 bits per heavy atom. The van der Waals surface area contributed by atoms with Crippen molar-refractivity contribution in [2.45, 2.75) is 51.1 Å². The Morgan fingerprint density at radius 1 is 1.30 bits per heavy atom. The van der Waals surface area contributed by atoms with Crippen LogP contribution < -0.4 is 0 Å². The summed E-state index contributed by atoms with van der Waals surface area (Å²) < 4.78 is 0. The molecule has 0 aliphatic heterocycles. The van der Waals surface area contributed by atoms with E-state index in [4.69, 9.17) is 0 Å². The van der Waals surface area contributed by atoms with Gasteiger partial charge in [0.2, 0.25) is 5.91 Å². The highest BCUT2D eigenvalue weighted by Crippen LogP contribution is 2.37. The number of carbonyl (C=O) groups is 2. The average Bonchev–Trinajstić information content (AvgIpc) is 3.22. The summed E-state index contributed by atoms with van der Waals surface area (Å²) in [5, 5.41) is 9.79. The average molecular weight is 275 g/mol. The van der Waals surface area contributed by atoms with E-state index in [-0.39, 0.29) is 11.9 Å². The summed E-state index contributed by atoms with van der Waals surface area (Å²) in [4.78, 5) is 25.5. The fourth-order valence-electron chi connectivity index (χ4n) is 2.88. The number of aliphatic carboxylic acids is 1. The molecule has 1 atom stereocenters. The summed E-state index contributed by atoms with van der Waals surface area (Å²) in [7, 11) is 0. The van der Waals surface area contributed by atoms with Crippen molar-refractivity contribution < 1.29 is 14.7 Å². The number of nitrogens with zero attached hydrogens (tertiary/aromatic N) is 1. The van der Waals surface area contributed by atoms with Crippen LogP contribution in [0.15, 0.2) is 30.3 Å². The van der Waals surface area contributed by atoms with E-state index in [9.17, 15) is 14.7 Å². The summed E-state index contributed by atoms with van der Waals surface area (Å²) in [5.74, 6) is -1.06. The van der Waals surface area contributed by atoms with Gasteiger partial charge in [0.15, 0.2) is 0 Å². The third kappa shape index (κ3) is 2.69. The van der Waals surface area contributed by atoms with Crippen LogP contribution in [0.4, 0.5) is 0 Å². The number of carboxylic acids is 1. The minimum absolute atomic E-state index is 0.0901. The van der Waals surface area contributed by atoms with Crippen LogP contribution in [0.2, 0.25) is 0 Å². The maximum atomic E-state index is 12.0. The Labute approximate surface area is 119 Å². The first kappa shape index (κ1) is 14.6. The van der Waals surface area contributed by atoms with E-state index < -0.39 is 11.5 Å². The van der Waals surface area contributed by atoms with Gasteiger partial charge < -0.3 is 10.0 Å². The number of hydrogen-bond acceptors (Lipinski definition) is 2. The second kappa shape index (κ2) is 5.65. The highest BCUT2D eigenvalue weighted by molar-refractivity contribution is 5.87. The Morgan fingerprint density at radius 3 is 2.30 bits per heavy atom. The first-order valence-electron chi connectivity index (χ1n) is 7.08. The van der Waals surface area contributed by atoms with Crippen molar-refractivity contribution in [3.63, 3.8) is 0 Å². The Kier molecular flexibility index (Phi) is 4.12. The number of carboxylic acid groups (broad SMARTS) is 1. The maximum Gasteiger partial charge on any atom is 0.329 e. The number of benzene rings is 1. The molecule has 1 amide bonds. The van der Waals surface area contributed by atoms with E-state index >= 15 is 0 Å². The van der Waals surface area contributed by atoms with Crippen molar-refractivity contribution in [1.29, 1.82) is 0 Å². The molecule has 4 nitrogen and oxygen atoms in total. The molecule has 1 aliphatic rings. The van der Waals surface area contributed by atoms with Crippen LogP contribution in [0.3, 0.4) is 0 Å². The van der Waals surface area contributed by atoms with Gasteiger partial charge in [0.05, 0.1) is 0 Å². The molecular weight excluding hydrogens is 254 g/mol. The molecule has 1 aromatic rings. The van der Waals surface area contributed by atoms with Crippen molar-refractivity contribution in [2.75, 3.05) is 0 Å². The van der Waals surface area contributed by atoms with Gasteiger partial charge in [-0.1, -0.05) is 37.3 Å². The van der Waals surface area contributed by atoms with Crippen LogP contribution in [0.1, 0.15) is 38.7 Å². The second-order valence-electron chi connectivity index (χ2n) is 5.47. The molecule has 1 unspecified atom stereocenters. The molecule has 0 bridgehead atoms. The zero-order valence-electron chi connectivity index (χ0n) is 12.0. The quantitative estimate of drug-likeness (QED) is 0.867. The van der Waals surface area contributed by atoms with Gasteiger partial charge in [0.25, 0.3) is 0 Å². The predicted molar refractivity (Wildman–Crippen MR) is 76.3 cm³/mol. The molecule has 0 aromatic heterocycles. The van der Waals surface area contributed by atoms with Crippen molar-refractivity contribution in [3.8, 4) is 0 Å². The lowest BCUT2D eigenvalue weighted by atomic mass is 9.85. The van der Waals surface area contributed by atoms with E-state index in [1.54, 1.807) is 4.90 Å². The van der Waals surface area contributed by atoms with Crippen LogP contribution in [0.25, 0.3) is 0 Å². The van der Waals surface area contributed by atoms with Crippen LogP contribution in [-0.2, 0) is 16.0 Å². The topological polar surface area (TPSA) is 57.6 Å². The van der Waals surface area contributed by atoms with Gasteiger partial charge in [-0.05, 0) is 24.8 Å². The molecule has 1 aliphatic carbocycles. The van der Waals surface area contributed by atoms with E-state index in [0.717, 1.165) is 18.4 Å². The molecule has 2 rings (SSSR count). The molecule has 20 heavy (non-hydrogen) atoms. The smallest absolute Gasteiger partial charge is 0.329 e. The molecule has 0 radical (unpaired) electrons. The van der Waals surface area contributed by atoms with Crippen molar-refractivity contribution in [2.24, 2.45) is 0 Å².